The molecule has 9 heteroatoms. The fourth-order valence-electron chi connectivity index (χ4n) is 1.78. The molecule has 108 valence electrons. The fraction of sp³-hybridized carbons (Fsp3) is 0.167. The van der Waals surface area contributed by atoms with Gasteiger partial charge in [-0.25, -0.2) is 4.98 Å². The van der Waals surface area contributed by atoms with Crippen molar-refractivity contribution >= 4 is 5.65 Å². The third kappa shape index (κ3) is 2.27. The number of aromatic hydroxyl groups is 1. The summed E-state index contributed by atoms with van der Waals surface area (Å²) < 4.78 is 32.5. The summed E-state index contributed by atoms with van der Waals surface area (Å²) in [5.74, 6) is -0.786. The maximum absolute atomic E-state index is 13.6. The number of hydrogen-bond acceptors (Lipinski definition) is 6. The molecule has 0 aliphatic carbocycles. The summed E-state index contributed by atoms with van der Waals surface area (Å²) in [5.41, 5.74) is 1.09. The summed E-state index contributed by atoms with van der Waals surface area (Å²) in [5, 5.41) is 16.2. The average Bonchev–Trinajstić information content (AvgIpc) is 2.91. The predicted molar refractivity (Wildman–Crippen MR) is 66.6 cm³/mol. The van der Waals surface area contributed by atoms with Crippen LogP contribution < -0.4 is 0 Å². The zero-order valence-corrected chi connectivity index (χ0v) is 10.7. The van der Waals surface area contributed by atoms with Gasteiger partial charge in [-0.15, -0.1) is 10.2 Å². The summed E-state index contributed by atoms with van der Waals surface area (Å²) in [6.45, 7) is 0. The number of aromatic nitrogens is 5. The lowest BCUT2D eigenvalue weighted by atomic mass is 10.2. The van der Waals surface area contributed by atoms with Crippen molar-refractivity contribution in [2.75, 3.05) is 7.11 Å². The Balaban J connectivity index is 2.15. The van der Waals surface area contributed by atoms with Crippen LogP contribution in [0.2, 0.25) is 0 Å². The van der Waals surface area contributed by atoms with Gasteiger partial charge in [0.1, 0.15) is 0 Å². The summed E-state index contributed by atoms with van der Waals surface area (Å²) in [7, 11) is 0.882. The van der Waals surface area contributed by atoms with Gasteiger partial charge in [0.05, 0.1) is 11.9 Å². The van der Waals surface area contributed by atoms with E-state index >= 15 is 0 Å². The number of halogens is 2. The number of nitrogens with zero attached hydrogens (tertiary/aromatic N) is 5. The molecule has 0 saturated carbocycles. The number of rotatable bonds is 3. The number of hydrogen-bond donors (Lipinski definition) is 1. The van der Waals surface area contributed by atoms with E-state index in [0.29, 0.717) is 11.3 Å². The number of alkyl halides is 2. The lowest BCUT2D eigenvalue weighted by molar-refractivity contribution is -0.237. The van der Waals surface area contributed by atoms with Crippen molar-refractivity contribution in [3.63, 3.8) is 0 Å². The molecule has 0 aliphatic heterocycles. The molecule has 3 heterocycles. The van der Waals surface area contributed by atoms with Crippen molar-refractivity contribution in [2.45, 2.75) is 6.11 Å². The van der Waals surface area contributed by atoms with E-state index < -0.39 is 11.9 Å². The maximum atomic E-state index is 13.6. The molecule has 0 bridgehead atoms. The summed E-state index contributed by atoms with van der Waals surface area (Å²) in [4.78, 5) is 7.81. The SMILES string of the molecule is COC(F)(F)c1nnc2cnc(-c3ccc(O)nc3)cn12. The number of pyridine rings is 1. The van der Waals surface area contributed by atoms with Crippen LogP contribution in [-0.2, 0) is 10.8 Å². The Morgan fingerprint density at radius 3 is 2.67 bits per heavy atom. The summed E-state index contributed by atoms with van der Waals surface area (Å²) >= 11 is 0. The Hall–Kier alpha value is -2.68. The van der Waals surface area contributed by atoms with E-state index in [1.165, 1.54) is 24.7 Å². The van der Waals surface area contributed by atoms with Crippen molar-refractivity contribution in [1.29, 1.82) is 0 Å². The van der Waals surface area contributed by atoms with Crippen LogP contribution >= 0.6 is 0 Å². The highest BCUT2D eigenvalue weighted by atomic mass is 19.3. The minimum atomic E-state index is -3.56. The first kappa shape index (κ1) is 13.3. The minimum Gasteiger partial charge on any atom is -0.493 e. The first-order valence-electron chi connectivity index (χ1n) is 5.81. The van der Waals surface area contributed by atoms with Crippen LogP contribution in [0.15, 0.2) is 30.7 Å². The van der Waals surface area contributed by atoms with E-state index in [4.69, 9.17) is 5.11 Å². The molecule has 0 unspecified atom stereocenters. The van der Waals surface area contributed by atoms with Crippen LogP contribution in [0.3, 0.4) is 0 Å². The van der Waals surface area contributed by atoms with Crippen LogP contribution in [0.5, 0.6) is 5.88 Å². The standard InChI is InChI=1S/C12H9F2N5O2/c1-21-12(13,14)11-18-17-9-5-15-8(6-19(9)11)7-2-3-10(20)16-4-7/h2-6H,1H3,(H,16,20). The third-order valence-corrected chi connectivity index (χ3v) is 2.85. The van der Waals surface area contributed by atoms with Crippen LogP contribution in [0.25, 0.3) is 16.9 Å². The van der Waals surface area contributed by atoms with Gasteiger partial charge in [0, 0.05) is 31.1 Å². The molecule has 3 aromatic rings. The summed E-state index contributed by atoms with van der Waals surface area (Å²) in [6.07, 6.45) is 0.476. The monoisotopic (exact) mass is 293 g/mol. The van der Waals surface area contributed by atoms with Crippen LogP contribution in [0.4, 0.5) is 8.78 Å². The number of ether oxygens (including phenoxy) is 1. The van der Waals surface area contributed by atoms with Gasteiger partial charge >= 0.3 is 6.11 Å². The molecule has 0 radical (unpaired) electrons. The van der Waals surface area contributed by atoms with Gasteiger partial charge in [0.25, 0.3) is 0 Å². The predicted octanol–water partition coefficient (Wildman–Crippen LogP) is 1.59. The molecule has 0 saturated heterocycles. The van der Waals surface area contributed by atoms with Gasteiger partial charge < -0.3 is 9.84 Å². The molecule has 0 aromatic carbocycles. The minimum absolute atomic E-state index is 0.143. The first-order valence-corrected chi connectivity index (χ1v) is 5.81. The smallest absolute Gasteiger partial charge is 0.417 e. The molecular formula is C12H9F2N5O2. The fourth-order valence-corrected chi connectivity index (χ4v) is 1.78. The second kappa shape index (κ2) is 4.70. The Kier molecular flexibility index (Phi) is 2.98. The van der Waals surface area contributed by atoms with Crippen molar-refractivity contribution in [3.8, 4) is 17.1 Å². The third-order valence-electron chi connectivity index (χ3n) is 2.85. The zero-order valence-electron chi connectivity index (χ0n) is 10.7. The van der Waals surface area contributed by atoms with E-state index in [1.807, 2.05) is 0 Å². The second-order valence-electron chi connectivity index (χ2n) is 4.15. The zero-order chi connectivity index (χ0) is 15.0. The molecule has 0 aliphatic rings. The molecule has 3 aromatic heterocycles. The van der Waals surface area contributed by atoms with E-state index in [1.54, 1.807) is 6.07 Å². The molecule has 0 atom stereocenters. The maximum Gasteiger partial charge on any atom is 0.417 e. The molecule has 3 rings (SSSR count). The molecule has 1 N–H and O–H groups in total. The summed E-state index contributed by atoms with van der Waals surface area (Å²) in [6, 6.07) is 2.94. The van der Waals surface area contributed by atoms with E-state index in [9.17, 15) is 8.78 Å². The van der Waals surface area contributed by atoms with Gasteiger partial charge in [-0.1, -0.05) is 0 Å². The van der Waals surface area contributed by atoms with E-state index in [-0.39, 0.29) is 11.5 Å². The van der Waals surface area contributed by atoms with Crippen molar-refractivity contribution in [1.82, 2.24) is 24.6 Å². The molecule has 21 heavy (non-hydrogen) atoms. The van der Waals surface area contributed by atoms with Crippen LogP contribution in [0.1, 0.15) is 5.82 Å². The Labute approximate surface area is 116 Å². The molecule has 0 amide bonds. The van der Waals surface area contributed by atoms with E-state index in [2.05, 4.69) is 24.9 Å². The average molecular weight is 293 g/mol. The first-order chi connectivity index (χ1) is 10.0. The van der Waals surface area contributed by atoms with Gasteiger partial charge in [-0.2, -0.15) is 8.78 Å². The highest BCUT2D eigenvalue weighted by Gasteiger charge is 2.37. The highest BCUT2D eigenvalue weighted by molar-refractivity contribution is 5.58. The van der Waals surface area contributed by atoms with Gasteiger partial charge in [0.15, 0.2) is 5.65 Å². The van der Waals surface area contributed by atoms with Gasteiger partial charge in [-0.05, 0) is 6.07 Å². The highest BCUT2D eigenvalue weighted by Crippen LogP contribution is 2.28. The molecule has 7 nitrogen and oxygen atoms in total. The van der Waals surface area contributed by atoms with Gasteiger partial charge in [0.2, 0.25) is 11.7 Å². The lowest BCUT2D eigenvalue weighted by Gasteiger charge is -2.11. The second-order valence-corrected chi connectivity index (χ2v) is 4.15. The molecular weight excluding hydrogens is 284 g/mol. The van der Waals surface area contributed by atoms with Crippen molar-refractivity contribution in [2.24, 2.45) is 0 Å². The number of fused-ring (bicyclic) bond motifs is 1. The van der Waals surface area contributed by atoms with Gasteiger partial charge in [-0.3, -0.25) is 9.38 Å². The number of methoxy groups -OCH3 is 1. The largest absolute Gasteiger partial charge is 0.493 e. The van der Waals surface area contributed by atoms with Crippen molar-refractivity contribution < 1.29 is 18.6 Å². The quantitative estimate of drug-likeness (QED) is 0.789. The Bertz CT molecular complexity index is 788. The molecule has 0 spiro atoms. The Morgan fingerprint density at radius 1 is 1.19 bits per heavy atom. The molecule has 0 fully saturated rings. The normalized spacial score (nSPS) is 12.0. The van der Waals surface area contributed by atoms with Crippen LogP contribution in [0, 0.1) is 0 Å². The lowest BCUT2D eigenvalue weighted by Crippen LogP contribution is -2.19. The van der Waals surface area contributed by atoms with Crippen LogP contribution in [-0.4, -0.2) is 36.8 Å². The van der Waals surface area contributed by atoms with Crippen molar-refractivity contribution in [3.05, 3.63) is 36.5 Å². The van der Waals surface area contributed by atoms with E-state index in [0.717, 1.165) is 11.5 Å². The topological polar surface area (TPSA) is 85.4 Å². The Morgan fingerprint density at radius 2 is 2.00 bits per heavy atom.